The lowest BCUT2D eigenvalue weighted by Gasteiger charge is -2.28. The summed E-state index contributed by atoms with van der Waals surface area (Å²) in [5.74, 6) is -5.93. The summed E-state index contributed by atoms with van der Waals surface area (Å²) in [7, 11) is 0. The monoisotopic (exact) mass is 234 g/mol. The van der Waals surface area contributed by atoms with Crippen LogP contribution in [0.2, 0.25) is 0 Å². The van der Waals surface area contributed by atoms with E-state index in [0.717, 1.165) is 0 Å². The van der Waals surface area contributed by atoms with Gasteiger partial charge in [0.05, 0.1) is 0 Å². The number of carbonyl (C=O) groups excluding carboxylic acids is 1. The van der Waals surface area contributed by atoms with Crippen LogP contribution in [0.4, 0.5) is 22.0 Å². The topological polar surface area (TPSA) is 55.1 Å². The van der Waals surface area contributed by atoms with E-state index in [9.17, 15) is 26.7 Å². The fourth-order valence-corrected chi connectivity index (χ4v) is 0.792. The summed E-state index contributed by atoms with van der Waals surface area (Å²) in [5, 5.41) is 1.53. The van der Waals surface area contributed by atoms with E-state index in [0.29, 0.717) is 0 Å². The Balaban J connectivity index is 4.73. The number of hydrogen-bond acceptors (Lipinski definition) is 2. The van der Waals surface area contributed by atoms with Crippen LogP contribution >= 0.6 is 0 Å². The minimum Gasteiger partial charge on any atom is -0.346 e. The lowest BCUT2D eigenvalue weighted by molar-refractivity contribution is -0.291. The zero-order valence-electron chi connectivity index (χ0n) is 7.87. The summed E-state index contributed by atoms with van der Waals surface area (Å²) in [6, 6.07) is -2.43. The van der Waals surface area contributed by atoms with E-state index in [1.54, 1.807) is 0 Å². The molecule has 0 radical (unpaired) electrons. The second-order valence-electron chi connectivity index (χ2n) is 2.83. The molecule has 0 spiro atoms. The first-order valence-corrected chi connectivity index (χ1v) is 4.10. The third-order valence-corrected chi connectivity index (χ3v) is 1.71. The molecule has 0 aliphatic rings. The van der Waals surface area contributed by atoms with Crippen molar-refractivity contribution in [2.75, 3.05) is 6.54 Å². The van der Waals surface area contributed by atoms with Crippen LogP contribution in [0.1, 0.15) is 13.3 Å². The van der Waals surface area contributed by atoms with Gasteiger partial charge >= 0.3 is 12.1 Å². The minimum atomic E-state index is -5.72. The van der Waals surface area contributed by atoms with Crippen LogP contribution in [0.5, 0.6) is 0 Å². The molecule has 0 bridgehead atoms. The van der Waals surface area contributed by atoms with Crippen molar-refractivity contribution in [2.24, 2.45) is 5.73 Å². The van der Waals surface area contributed by atoms with Gasteiger partial charge in [0.25, 0.3) is 0 Å². The lowest BCUT2D eigenvalue weighted by atomic mass is 10.1. The van der Waals surface area contributed by atoms with Gasteiger partial charge in [0.1, 0.15) is 6.04 Å². The zero-order valence-corrected chi connectivity index (χ0v) is 7.87. The molecule has 0 saturated carbocycles. The Bertz CT molecular complexity index is 228. The van der Waals surface area contributed by atoms with E-state index < -0.39 is 30.6 Å². The largest absolute Gasteiger partial charge is 0.455 e. The predicted molar refractivity (Wildman–Crippen MR) is 42.3 cm³/mol. The Morgan fingerprint density at radius 2 is 1.80 bits per heavy atom. The van der Waals surface area contributed by atoms with Crippen LogP contribution < -0.4 is 11.1 Å². The zero-order chi connectivity index (χ0) is 12.3. The maximum absolute atomic E-state index is 12.7. The predicted octanol–water partition coefficient (Wildman–Crippen LogP) is 1.04. The summed E-state index contributed by atoms with van der Waals surface area (Å²) in [5.41, 5.74) is 4.76. The van der Waals surface area contributed by atoms with Gasteiger partial charge in [0, 0.05) is 13.0 Å². The molecule has 0 saturated heterocycles. The Labute approximate surface area is 82.8 Å². The second-order valence-corrected chi connectivity index (χ2v) is 2.83. The van der Waals surface area contributed by atoms with E-state index in [1.807, 2.05) is 0 Å². The van der Waals surface area contributed by atoms with Crippen molar-refractivity contribution in [1.29, 1.82) is 0 Å². The summed E-state index contributed by atoms with van der Waals surface area (Å²) in [6.45, 7) is 0.340. The molecule has 0 aromatic heterocycles. The molecule has 3 N–H and O–H groups in total. The number of halogens is 5. The van der Waals surface area contributed by atoms with Gasteiger partial charge in [-0.25, -0.2) is 0 Å². The Morgan fingerprint density at radius 3 is 2.07 bits per heavy atom. The molecule has 0 aliphatic heterocycles. The second kappa shape index (κ2) is 4.73. The first kappa shape index (κ1) is 14.1. The molecule has 1 atom stereocenters. The Hall–Kier alpha value is -0.920. The summed E-state index contributed by atoms with van der Waals surface area (Å²) in [4.78, 5) is 10.7. The highest BCUT2D eigenvalue weighted by Gasteiger charge is 2.62. The quantitative estimate of drug-likeness (QED) is 0.714. The summed E-state index contributed by atoms with van der Waals surface area (Å²) in [6.07, 6.45) is -5.91. The van der Waals surface area contributed by atoms with E-state index in [1.165, 1.54) is 12.2 Å². The maximum atomic E-state index is 12.7. The molecule has 0 aliphatic carbocycles. The van der Waals surface area contributed by atoms with Crippen molar-refractivity contribution in [3.05, 3.63) is 0 Å². The minimum absolute atomic E-state index is 0.190. The van der Waals surface area contributed by atoms with Crippen LogP contribution in [-0.4, -0.2) is 30.6 Å². The molecule has 0 heterocycles. The smallest absolute Gasteiger partial charge is 0.346 e. The summed E-state index contributed by atoms with van der Waals surface area (Å²) >= 11 is 0. The first-order chi connectivity index (χ1) is 6.66. The fraction of sp³-hybridized carbons (Fsp3) is 0.857. The SMILES string of the molecule is CCC(=O)NC(CN)C(F)(F)C(F)(F)F. The molecule has 15 heavy (non-hydrogen) atoms. The van der Waals surface area contributed by atoms with Gasteiger partial charge < -0.3 is 11.1 Å². The molecular formula is C7H11F5N2O. The highest BCUT2D eigenvalue weighted by molar-refractivity contribution is 5.76. The molecular weight excluding hydrogens is 223 g/mol. The maximum Gasteiger partial charge on any atom is 0.455 e. The molecule has 90 valence electrons. The van der Waals surface area contributed by atoms with Crippen LogP contribution in [0.3, 0.4) is 0 Å². The highest BCUT2D eigenvalue weighted by atomic mass is 19.4. The third kappa shape index (κ3) is 3.29. The van der Waals surface area contributed by atoms with Crippen LogP contribution in [0.15, 0.2) is 0 Å². The number of nitrogens with two attached hydrogens (primary N) is 1. The average molecular weight is 234 g/mol. The molecule has 0 fully saturated rings. The van der Waals surface area contributed by atoms with Gasteiger partial charge in [-0.2, -0.15) is 22.0 Å². The van der Waals surface area contributed by atoms with E-state index in [2.05, 4.69) is 0 Å². The van der Waals surface area contributed by atoms with Crippen molar-refractivity contribution in [3.8, 4) is 0 Å². The van der Waals surface area contributed by atoms with E-state index in [-0.39, 0.29) is 6.42 Å². The van der Waals surface area contributed by atoms with Gasteiger partial charge in [-0.15, -0.1) is 0 Å². The fourth-order valence-electron chi connectivity index (χ4n) is 0.792. The molecule has 1 unspecified atom stereocenters. The number of nitrogens with one attached hydrogen (secondary N) is 1. The standard InChI is InChI=1S/C7H11F5N2O/c1-2-5(15)14-4(3-13)6(8,9)7(10,11)12/h4H,2-3,13H2,1H3,(H,14,15). The van der Waals surface area contributed by atoms with E-state index >= 15 is 0 Å². The van der Waals surface area contributed by atoms with Gasteiger partial charge in [-0.05, 0) is 0 Å². The number of hydrogen-bond donors (Lipinski definition) is 2. The summed E-state index contributed by atoms with van der Waals surface area (Å²) < 4.78 is 60.9. The van der Waals surface area contributed by atoms with Crippen molar-refractivity contribution in [3.63, 3.8) is 0 Å². The third-order valence-electron chi connectivity index (χ3n) is 1.71. The normalized spacial score (nSPS) is 14.9. The van der Waals surface area contributed by atoms with Crippen LogP contribution in [0, 0.1) is 0 Å². The highest BCUT2D eigenvalue weighted by Crippen LogP contribution is 2.37. The van der Waals surface area contributed by atoms with Crippen molar-refractivity contribution in [2.45, 2.75) is 31.5 Å². The average Bonchev–Trinajstić information content (AvgIpc) is 2.11. The van der Waals surface area contributed by atoms with Gasteiger partial charge in [-0.3, -0.25) is 4.79 Å². The number of alkyl halides is 5. The molecule has 0 aromatic carbocycles. The lowest BCUT2D eigenvalue weighted by Crippen LogP contribution is -2.58. The van der Waals surface area contributed by atoms with E-state index in [4.69, 9.17) is 5.73 Å². The first-order valence-electron chi connectivity index (χ1n) is 4.10. The van der Waals surface area contributed by atoms with Gasteiger partial charge in [0.2, 0.25) is 5.91 Å². The van der Waals surface area contributed by atoms with Crippen molar-refractivity contribution >= 4 is 5.91 Å². The molecule has 0 rings (SSSR count). The molecule has 0 aromatic rings. The number of carbonyl (C=O) groups is 1. The Morgan fingerprint density at radius 1 is 1.33 bits per heavy atom. The molecule has 1 amide bonds. The molecule has 3 nitrogen and oxygen atoms in total. The number of amides is 1. The van der Waals surface area contributed by atoms with Crippen LogP contribution in [0.25, 0.3) is 0 Å². The van der Waals surface area contributed by atoms with Gasteiger partial charge in [0.15, 0.2) is 0 Å². The van der Waals surface area contributed by atoms with Crippen molar-refractivity contribution in [1.82, 2.24) is 5.32 Å². The van der Waals surface area contributed by atoms with Crippen LogP contribution in [-0.2, 0) is 4.79 Å². The van der Waals surface area contributed by atoms with Crippen molar-refractivity contribution < 1.29 is 26.7 Å². The Kier molecular flexibility index (Phi) is 4.44. The van der Waals surface area contributed by atoms with Gasteiger partial charge in [-0.1, -0.05) is 6.92 Å². The number of rotatable bonds is 4. The molecule has 8 heteroatoms.